The van der Waals surface area contributed by atoms with E-state index in [-0.39, 0.29) is 5.91 Å². The van der Waals surface area contributed by atoms with Gasteiger partial charge in [-0.1, -0.05) is 24.3 Å². The van der Waals surface area contributed by atoms with Gasteiger partial charge < -0.3 is 14.0 Å². The molecule has 0 aliphatic rings. The Bertz CT molecular complexity index is 1010. The van der Waals surface area contributed by atoms with Crippen LogP contribution in [0.15, 0.2) is 52.4 Å². The lowest BCUT2D eigenvalue weighted by molar-refractivity contribution is 0.0997. The van der Waals surface area contributed by atoms with Gasteiger partial charge in [-0.3, -0.25) is 4.79 Å². The molecule has 3 aromatic rings. The van der Waals surface area contributed by atoms with Gasteiger partial charge in [-0.15, -0.1) is 11.8 Å². The second-order valence-electron chi connectivity index (χ2n) is 5.74. The van der Waals surface area contributed by atoms with Crippen molar-refractivity contribution in [2.75, 3.05) is 26.6 Å². The lowest BCUT2D eigenvalue weighted by atomic mass is 10.2. The summed E-state index contributed by atoms with van der Waals surface area (Å²) in [5, 5.41) is 0. The van der Waals surface area contributed by atoms with Crippen LogP contribution in [-0.2, 0) is 11.3 Å². The zero-order valence-electron chi connectivity index (χ0n) is 15.6. The monoisotopic (exact) mass is 402 g/mol. The summed E-state index contributed by atoms with van der Waals surface area (Å²) in [5.74, 6) is 1.51. The number of methoxy groups -OCH3 is 2. The van der Waals surface area contributed by atoms with Crippen molar-refractivity contribution in [3.8, 4) is 5.75 Å². The van der Waals surface area contributed by atoms with Gasteiger partial charge in [0, 0.05) is 24.1 Å². The average molecular weight is 403 g/mol. The minimum atomic E-state index is -0.238. The quantitative estimate of drug-likeness (QED) is 0.556. The van der Waals surface area contributed by atoms with Crippen molar-refractivity contribution in [3.63, 3.8) is 0 Å². The summed E-state index contributed by atoms with van der Waals surface area (Å²) in [6.07, 6.45) is 0. The smallest absolute Gasteiger partial charge is 0.279 e. The molecule has 0 fully saturated rings. The van der Waals surface area contributed by atoms with Crippen molar-refractivity contribution in [1.82, 2.24) is 4.57 Å². The Morgan fingerprint density at radius 1 is 1.22 bits per heavy atom. The van der Waals surface area contributed by atoms with Crippen LogP contribution in [0.1, 0.15) is 17.3 Å². The standard InChI is InChI=1S/C20H22N2O3S2/c1-4-26-16-7-5-6-14(12-16)19(23)21-20-22(10-11-24-2)17-9-8-15(25-3)13-18(17)27-20/h5-9,12-13H,4,10-11H2,1-3H3. The number of rotatable bonds is 7. The number of hydrogen-bond acceptors (Lipinski definition) is 5. The first-order valence-electron chi connectivity index (χ1n) is 8.64. The molecule has 0 atom stereocenters. The number of fused-ring (bicyclic) bond motifs is 1. The van der Waals surface area contributed by atoms with E-state index in [9.17, 15) is 4.79 Å². The lowest BCUT2D eigenvalue weighted by Crippen LogP contribution is -2.19. The number of nitrogens with zero attached hydrogens (tertiary/aromatic N) is 2. The van der Waals surface area contributed by atoms with E-state index in [4.69, 9.17) is 9.47 Å². The summed E-state index contributed by atoms with van der Waals surface area (Å²) < 4.78 is 13.6. The number of carbonyl (C=O) groups is 1. The van der Waals surface area contributed by atoms with Gasteiger partial charge in [0.1, 0.15) is 5.75 Å². The third-order valence-electron chi connectivity index (χ3n) is 4.00. The fraction of sp³-hybridized carbons (Fsp3) is 0.300. The van der Waals surface area contributed by atoms with Gasteiger partial charge in [0.25, 0.3) is 5.91 Å². The van der Waals surface area contributed by atoms with Crippen molar-refractivity contribution >= 4 is 39.2 Å². The molecule has 27 heavy (non-hydrogen) atoms. The first kappa shape index (κ1) is 19.7. The number of benzene rings is 2. The Balaban J connectivity index is 2.05. The molecule has 0 unspecified atom stereocenters. The zero-order chi connectivity index (χ0) is 19.2. The van der Waals surface area contributed by atoms with Crippen LogP contribution in [0.5, 0.6) is 5.75 Å². The summed E-state index contributed by atoms with van der Waals surface area (Å²) in [6, 6.07) is 13.5. The molecule has 1 aromatic heterocycles. The highest BCUT2D eigenvalue weighted by Crippen LogP contribution is 2.23. The van der Waals surface area contributed by atoms with Crippen LogP contribution in [0.25, 0.3) is 10.2 Å². The van der Waals surface area contributed by atoms with Crippen LogP contribution in [0, 0.1) is 0 Å². The van der Waals surface area contributed by atoms with E-state index in [1.165, 1.54) is 11.3 Å². The molecule has 2 aromatic carbocycles. The lowest BCUT2D eigenvalue weighted by Gasteiger charge is -2.05. The first-order valence-corrected chi connectivity index (χ1v) is 10.4. The van der Waals surface area contributed by atoms with Gasteiger partial charge in [0.05, 0.1) is 23.9 Å². The molecule has 5 nitrogen and oxygen atoms in total. The molecule has 0 spiro atoms. The van der Waals surface area contributed by atoms with Gasteiger partial charge in [-0.2, -0.15) is 4.99 Å². The van der Waals surface area contributed by atoms with Crippen LogP contribution >= 0.6 is 23.1 Å². The summed E-state index contributed by atoms with van der Waals surface area (Å²) in [5.41, 5.74) is 1.61. The Morgan fingerprint density at radius 3 is 2.81 bits per heavy atom. The highest BCUT2D eigenvalue weighted by atomic mass is 32.2. The molecular weight excluding hydrogens is 380 g/mol. The van der Waals surface area contributed by atoms with Crippen LogP contribution in [-0.4, -0.2) is 37.1 Å². The highest BCUT2D eigenvalue weighted by molar-refractivity contribution is 7.99. The summed E-state index contributed by atoms with van der Waals surface area (Å²) >= 11 is 3.18. The number of ether oxygens (including phenoxy) is 2. The van der Waals surface area contributed by atoms with Gasteiger partial charge in [0.15, 0.2) is 4.80 Å². The second-order valence-corrected chi connectivity index (χ2v) is 8.09. The molecular formula is C20H22N2O3S2. The van der Waals surface area contributed by atoms with E-state index >= 15 is 0 Å². The maximum Gasteiger partial charge on any atom is 0.279 e. The topological polar surface area (TPSA) is 52.8 Å². The summed E-state index contributed by atoms with van der Waals surface area (Å²) in [6.45, 7) is 3.26. The molecule has 7 heteroatoms. The van der Waals surface area contributed by atoms with Crippen molar-refractivity contribution < 1.29 is 14.3 Å². The number of thiazole rings is 1. The van der Waals surface area contributed by atoms with E-state index in [1.54, 1.807) is 32.0 Å². The zero-order valence-corrected chi connectivity index (χ0v) is 17.2. The molecule has 1 amide bonds. The van der Waals surface area contributed by atoms with Crippen LogP contribution in [0.4, 0.5) is 0 Å². The molecule has 0 saturated carbocycles. The fourth-order valence-electron chi connectivity index (χ4n) is 2.70. The molecule has 0 aliphatic carbocycles. The van der Waals surface area contributed by atoms with Gasteiger partial charge >= 0.3 is 0 Å². The van der Waals surface area contributed by atoms with E-state index < -0.39 is 0 Å². The third-order valence-corrected chi connectivity index (χ3v) is 5.92. The Labute approximate surface area is 166 Å². The minimum absolute atomic E-state index is 0.238. The van der Waals surface area contributed by atoms with Gasteiger partial charge in [-0.25, -0.2) is 0 Å². The fourth-order valence-corrected chi connectivity index (χ4v) is 4.50. The maximum atomic E-state index is 12.8. The van der Waals surface area contributed by atoms with Crippen molar-refractivity contribution in [1.29, 1.82) is 0 Å². The highest BCUT2D eigenvalue weighted by Gasteiger charge is 2.11. The Morgan fingerprint density at radius 2 is 2.07 bits per heavy atom. The molecule has 3 rings (SSSR count). The van der Waals surface area contributed by atoms with Crippen LogP contribution in [0.3, 0.4) is 0 Å². The third kappa shape index (κ3) is 4.61. The second kappa shape index (κ2) is 9.21. The van der Waals surface area contributed by atoms with Crippen LogP contribution in [0.2, 0.25) is 0 Å². The van der Waals surface area contributed by atoms with Crippen LogP contribution < -0.4 is 9.54 Å². The largest absolute Gasteiger partial charge is 0.497 e. The van der Waals surface area contributed by atoms with Crippen molar-refractivity contribution in [2.24, 2.45) is 4.99 Å². The number of hydrogen-bond donors (Lipinski definition) is 0. The first-order chi connectivity index (χ1) is 13.2. The van der Waals surface area contributed by atoms with Gasteiger partial charge in [-0.05, 0) is 42.2 Å². The van der Waals surface area contributed by atoms with E-state index in [0.29, 0.717) is 23.5 Å². The Kier molecular flexibility index (Phi) is 6.71. The minimum Gasteiger partial charge on any atom is -0.497 e. The van der Waals surface area contributed by atoms with Crippen molar-refractivity contribution in [3.05, 3.63) is 52.8 Å². The SMILES string of the molecule is CCSc1cccc(C(=O)N=c2sc3cc(OC)ccc3n2CCOC)c1. The summed E-state index contributed by atoms with van der Waals surface area (Å²) in [4.78, 5) is 18.9. The van der Waals surface area contributed by atoms with E-state index in [1.807, 2.05) is 41.0 Å². The normalized spacial score (nSPS) is 11.9. The molecule has 0 bridgehead atoms. The van der Waals surface area contributed by atoms with Gasteiger partial charge in [0.2, 0.25) is 0 Å². The van der Waals surface area contributed by atoms with E-state index in [2.05, 4.69) is 11.9 Å². The predicted molar refractivity (Wildman–Crippen MR) is 111 cm³/mol. The molecule has 1 heterocycles. The number of thioether (sulfide) groups is 1. The summed E-state index contributed by atoms with van der Waals surface area (Å²) in [7, 11) is 3.31. The average Bonchev–Trinajstić information content (AvgIpc) is 3.02. The Hall–Kier alpha value is -2.09. The van der Waals surface area contributed by atoms with Crippen molar-refractivity contribution in [2.45, 2.75) is 18.4 Å². The number of carbonyl (C=O) groups excluding carboxylic acids is 1. The number of aromatic nitrogens is 1. The molecule has 0 aliphatic heterocycles. The maximum absolute atomic E-state index is 12.8. The predicted octanol–water partition coefficient (Wildman–Crippen LogP) is 4.21. The molecule has 0 saturated heterocycles. The molecule has 0 radical (unpaired) electrons. The van der Waals surface area contributed by atoms with E-state index in [0.717, 1.165) is 26.6 Å². The number of amides is 1. The molecule has 142 valence electrons. The molecule has 0 N–H and O–H groups in total.